The quantitative estimate of drug-likeness (QED) is 0.857. The van der Waals surface area contributed by atoms with Gasteiger partial charge in [-0.1, -0.05) is 13.0 Å². The molecule has 2 heterocycles. The highest BCUT2D eigenvalue weighted by molar-refractivity contribution is 7.09. The van der Waals surface area contributed by atoms with Gasteiger partial charge in [0, 0.05) is 29.7 Å². The topological polar surface area (TPSA) is 24.9 Å². The highest BCUT2D eigenvalue weighted by Crippen LogP contribution is 2.20. The molecule has 2 nitrogen and oxygen atoms in total. The van der Waals surface area contributed by atoms with Crippen LogP contribution in [0.2, 0.25) is 0 Å². The highest BCUT2D eigenvalue weighted by Gasteiger charge is 2.10. The van der Waals surface area contributed by atoms with Crippen molar-refractivity contribution in [2.75, 3.05) is 6.54 Å². The van der Waals surface area contributed by atoms with Gasteiger partial charge in [0.15, 0.2) is 0 Å². The molecule has 2 rings (SSSR count). The van der Waals surface area contributed by atoms with Gasteiger partial charge < -0.3 is 5.32 Å². The summed E-state index contributed by atoms with van der Waals surface area (Å²) in [4.78, 5) is 5.48. The second kappa shape index (κ2) is 5.77. The van der Waals surface area contributed by atoms with E-state index in [0.717, 1.165) is 13.0 Å². The zero-order valence-corrected chi connectivity index (χ0v) is 10.2. The average Bonchev–Trinajstić information content (AvgIpc) is 2.83. The maximum absolute atomic E-state index is 4.06. The molecule has 3 heteroatoms. The smallest absolute Gasteiger partial charge is 0.0369 e. The van der Waals surface area contributed by atoms with Crippen LogP contribution in [0.5, 0.6) is 0 Å². The van der Waals surface area contributed by atoms with E-state index in [1.807, 2.05) is 23.7 Å². The van der Waals surface area contributed by atoms with Gasteiger partial charge in [-0.3, -0.25) is 4.98 Å². The maximum Gasteiger partial charge on any atom is 0.0369 e. The van der Waals surface area contributed by atoms with Crippen LogP contribution in [-0.2, 0) is 6.42 Å². The third-order valence-electron chi connectivity index (χ3n) is 2.54. The Balaban J connectivity index is 2.11. The van der Waals surface area contributed by atoms with Crippen molar-refractivity contribution in [2.24, 2.45) is 0 Å². The standard InChI is InChI=1S/C13H16N2S/c1-2-15-13(10-12-4-3-9-16-12)11-5-7-14-8-6-11/h3-9,13,15H,2,10H2,1H3. The Kier molecular flexibility index (Phi) is 4.08. The Labute approximate surface area is 100 Å². The molecule has 0 spiro atoms. The molecule has 0 saturated heterocycles. The van der Waals surface area contributed by atoms with Crippen molar-refractivity contribution < 1.29 is 0 Å². The van der Waals surface area contributed by atoms with Crippen LogP contribution >= 0.6 is 11.3 Å². The molecule has 84 valence electrons. The third kappa shape index (κ3) is 2.90. The van der Waals surface area contributed by atoms with Gasteiger partial charge in [0.05, 0.1) is 0 Å². The van der Waals surface area contributed by atoms with Gasteiger partial charge in [0.25, 0.3) is 0 Å². The van der Waals surface area contributed by atoms with Gasteiger partial charge in [0.2, 0.25) is 0 Å². The monoisotopic (exact) mass is 232 g/mol. The molecule has 1 atom stereocenters. The first-order chi connectivity index (χ1) is 7.90. The van der Waals surface area contributed by atoms with Crippen LogP contribution in [0.15, 0.2) is 42.0 Å². The Hall–Kier alpha value is -1.19. The molecule has 0 saturated carbocycles. The second-order valence-electron chi connectivity index (χ2n) is 3.67. The minimum atomic E-state index is 0.395. The molecular weight excluding hydrogens is 216 g/mol. The van der Waals surface area contributed by atoms with E-state index in [-0.39, 0.29) is 0 Å². The Morgan fingerprint density at radius 2 is 2.12 bits per heavy atom. The van der Waals surface area contributed by atoms with Crippen LogP contribution < -0.4 is 5.32 Å². The fourth-order valence-electron chi connectivity index (χ4n) is 1.78. The number of nitrogens with one attached hydrogen (secondary N) is 1. The highest BCUT2D eigenvalue weighted by atomic mass is 32.1. The molecule has 1 unspecified atom stereocenters. The fourth-order valence-corrected chi connectivity index (χ4v) is 2.53. The predicted molar refractivity (Wildman–Crippen MR) is 68.7 cm³/mol. The van der Waals surface area contributed by atoms with E-state index in [0.29, 0.717) is 6.04 Å². The zero-order chi connectivity index (χ0) is 11.2. The maximum atomic E-state index is 4.06. The van der Waals surface area contributed by atoms with Crippen molar-refractivity contribution in [1.29, 1.82) is 0 Å². The molecule has 2 aromatic heterocycles. The molecule has 0 aliphatic carbocycles. The van der Waals surface area contributed by atoms with E-state index < -0.39 is 0 Å². The Morgan fingerprint density at radius 3 is 2.75 bits per heavy atom. The largest absolute Gasteiger partial charge is 0.310 e. The van der Waals surface area contributed by atoms with Crippen LogP contribution in [0.1, 0.15) is 23.4 Å². The van der Waals surface area contributed by atoms with E-state index in [1.165, 1.54) is 10.4 Å². The number of likely N-dealkylation sites (N-methyl/N-ethyl adjacent to an activating group) is 1. The van der Waals surface area contributed by atoms with Gasteiger partial charge in [-0.25, -0.2) is 0 Å². The Morgan fingerprint density at radius 1 is 1.31 bits per heavy atom. The van der Waals surface area contributed by atoms with Crippen molar-refractivity contribution in [3.63, 3.8) is 0 Å². The Bertz CT molecular complexity index is 397. The molecule has 0 aromatic carbocycles. The molecule has 0 radical (unpaired) electrons. The molecular formula is C13H16N2S. The molecule has 0 amide bonds. The number of hydrogen-bond acceptors (Lipinski definition) is 3. The summed E-state index contributed by atoms with van der Waals surface area (Å²) in [6.07, 6.45) is 4.76. The lowest BCUT2D eigenvalue weighted by atomic mass is 10.0. The van der Waals surface area contributed by atoms with E-state index in [1.54, 1.807) is 0 Å². The zero-order valence-electron chi connectivity index (χ0n) is 9.39. The summed E-state index contributed by atoms with van der Waals surface area (Å²) in [7, 11) is 0. The van der Waals surface area contributed by atoms with E-state index in [4.69, 9.17) is 0 Å². The lowest BCUT2D eigenvalue weighted by Crippen LogP contribution is -2.22. The lowest BCUT2D eigenvalue weighted by molar-refractivity contribution is 0.553. The molecule has 1 N–H and O–H groups in total. The first-order valence-electron chi connectivity index (χ1n) is 5.56. The minimum absolute atomic E-state index is 0.395. The van der Waals surface area contributed by atoms with Gasteiger partial charge in [-0.15, -0.1) is 11.3 Å². The van der Waals surface area contributed by atoms with Gasteiger partial charge in [0.1, 0.15) is 0 Å². The third-order valence-corrected chi connectivity index (χ3v) is 3.44. The number of thiophene rings is 1. The lowest BCUT2D eigenvalue weighted by Gasteiger charge is -2.17. The first-order valence-corrected chi connectivity index (χ1v) is 6.44. The molecule has 0 aliphatic heterocycles. The molecule has 0 bridgehead atoms. The summed E-state index contributed by atoms with van der Waals surface area (Å²) in [5.74, 6) is 0. The number of hydrogen-bond donors (Lipinski definition) is 1. The van der Waals surface area contributed by atoms with E-state index >= 15 is 0 Å². The summed E-state index contributed by atoms with van der Waals surface area (Å²) in [6.45, 7) is 3.13. The van der Waals surface area contributed by atoms with Crippen LogP contribution in [0.25, 0.3) is 0 Å². The molecule has 0 fully saturated rings. The van der Waals surface area contributed by atoms with Crippen LogP contribution in [0.4, 0.5) is 0 Å². The number of aromatic nitrogens is 1. The normalized spacial score (nSPS) is 12.6. The van der Waals surface area contributed by atoms with Crippen molar-refractivity contribution in [3.05, 3.63) is 52.5 Å². The number of pyridine rings is 1. The van der Waals surface area contributed by atoms with Crippen LogP contribution in [0, 0.1) is 0 Å². The number of nitrogens with zero attached hydrogens (tertiary/aromatic N) is 1. The summed E-state index contributed by atoms with van der Waals surface area (Å²) in [6, 6.07) is 8.86. The number of rotatable bonds is 5. The summed E-state index contributed by atoms with van der Waals surface area (Å²) in [5, 5.41) is 5.65. The van der Waals surface area contributed by atoms with Crippen molar-refractivity contribution >= 4 is 11.3 Å². The second-order valence-corrected chi connectivity index (χ2v) is 4.71. The summed E-state index contributed by atoms with van der Waals surface area (Å²) >= 11 is 1.82. The summed E-state index contributed by atoms with van der Waals surface area (Å²) in [5.41, 5.74) is 1.31. The van der Waals surface area contributed by atoms with Crippen molar-refractivity contribution in [3.8, 4) is 0 Å². The van der Waals surface area contributed by atoms with Crippen LogP contribution in [0.3, 0.4) is 0 Å². The fraction of sp³-hybridized carbons (Fsp3) is 0.308. The minimum Gasteiger partial charge on any atom is -0.310 e. The van der Waals surface area contributed by atoms with E-state index in [2.05, 4.69) is 46.9 Å². The SMILES string of the molecule is CCNC(Cc1cccs1)c1ccncc1. The van der Waals surface area contributed by atoms with Gasteiger partial charge in [-0.2, -0.15) is 0 Å². The first kappa shape index (κ1) is 11.3. The molecule has 0 aliphatic rings. The molecule has 2 aromatic rings. The predicted octanol–water partition coefficient (Wildman–Crippen LogP) is 3.04. The van der Waals surface area contributed by atoms with Crippen LogP contribution in [-0.4, -0.2) is 11.5 Å². The van der Waals surface area contributed by atoms with E-state index in [9.17, 15) is 0 Å². The van der Waals surface area contributed by atoms with Crippen molar-refractivity contribution in [1.82, 2.24) is 10.3 Å². The van der Waals surface area contributed by atoms with Gasteiger partial charge in [-0.05, 0) is 35.7 Å². The van der Waals surface area contributed by atoms with Crippen molar-refractivity contribution in [2.45, 2.75) is 19.4 Å². The molecule has 16 heavy (non-hydrogen) atoms. The van der Waals surface area contributed by atoms with Gasteiger partial charge >= 0.3 is 0 Å². The summed E-state index contributed by atoms with van der Waals surface area (Å²) < 4.78 is 0. The average molecular weight is 232 g/mol.